The first-order valence-corrected chi connectivity index (χ1v) is 4.60. The number of nitrogens with zero attached hydrogens (tertiary/aromatic N) is 1. The van der Waals surface area contributed by atoms with Gasteiger partial charge in [-0.2, -0.15) is 0 Å². The van der Waals surface area contributed by atoms with Crippen LogP contribution in [0.1, 0.15) is 6.92 Å². The van der Waals surface area contributed by atoms with Gasteiger partial charge in [-0.25, -0.2) is 9.59 Å². The molecule has 0 aliphatic rings. The summed E-state index contributed by atoms with van der Waals surface area (Å²) >= 11 is 0. The van der Waals surface area contributed by atoms with E-state index in [9.17, 15) is 9.59 Å². The first kappa shape index (κ1) is 16.8. The Morgan fingerprint density at radius 3 is 1.50 bits per heavy atom. The van der Waals surface area contributed by atoms with Crippen molar-refractivity contribution in [3.63, 3.8) is 0 Å². The Balaban J connectivity index is 0. The van der Waals surface area contributed by atoms with Gasteiger partial charge in [-0.3, -0.25) is 0 Å². The molecule has 92 valence electrons. The van der Waals surface area contributed by atoms with E-state index < -0.39 is 18.2 Å². The summed E-state index contributed by atoms with van der Waals surface area (Å²) in [5, 5.41) is 0. The highest BCUT2D eigenvalue weighted by atomic mass is 16.7. The third kappa shape index (κ3) is 14.9. The Kier molecular flexibility index (Phi) is 10.4. The van der Waals surface area contributed by atoms with E-state index in [1.807, 2.05) is 26.0 Å². The molecular weight excluding hydrogens is 210 g/mol. The van der Waals surface area contributed by atoms with Crippen LogP contribution in [0.5, 0.6) is 0 Å². The van der Waals surface area contributed by atoms with E-state index in [1.165, 1.54) is 6.92 Å². The van der Waals surface area contributed by atoms with Crippen LogP contribution in [0, 0.1) is 0 Å². The van der Waals surface area contributed by atoms with Crippen molar-refractivity contribution in [2.45, 2.75) is 13.2 Å². The lowest BCUT2D eigenvalue weighted by Crippen LogP contribution is -2.19. The molecule has 0 aromatic rings. The molecule has 16 heavy (non-hydrogen) atoms. The van der Waals surface area contributed by atoms with Crippen LogP contribution in [0.15, 0.2) is 25.3 Å². The Morgan fingerprint density at radius 2 is 1.31 bits per heavy atom. The molecule has 0 saturated carbocycles. The Bertz CT molecular complexity index is 224. The molecule has 0 aliphatic carbocycles. The van der Waals surface area contributed by atoms with Crippen molar-refractivity contribution in [1.82, 2.24) is 4.90 Å². The van der Waals surface area contributed by atoms with Crippen LogP contribution in [0.2, 0.25) is 0 Å². The van der Waals surface area contributed by atoms with Gasteiger partial charge >= 0.3 is 11.9 Å². The molecule has 0 radical (unpaired) electrons. The van der Waals surface area contributed by atoms with Gasteiger partial charge in [0, 0.05) is 19.1 Å². The van der Waals surface area contributed by atoms with Crippen molar-refractivity contribution >= 4 is 11.9 Å². The monoisotopic (exact) mass is 229 g/mol. The number of ether oxygens (including phenoxy) is 2. The standard InChI is InChI=1S/C8H10O4.C3H9N/c1-4-7(9)11-6(3)12-8(10)5-2;1-4(2)3/h4-6H,1-2H2,3H3;1-3H3. The van der Waals surface area contributed by atoms with E-state index in [0.29, 0.717) is 0 Å². The van der Waals surface area contributed by atoms with Gasteiger partial charge in [0.15, 0.2) is 0 Å². The van der Waals surface area contributed by atoms with E-state index in [-0.39, 0.29) is 0 Å². The molecule has 0 aliphatic heterocycles. The number of carbonyl (C=O) groups excluding carboxylic acids is 2. The van der Waals surface area contributed by atoms with Crippen molar-refractivity contribution in [3.8, 4) is 0 Å². The third-order valence-electron chi connectivity index (χ3n) is 0.898. The Morgan fingerprint density at radius 1 is 1.06 bits per heavy atom. The largest absolute Gasteiger partial charge is 0.422 e. The quantitative estimate of drug-likeness (QED) is 0.408. The lowest BCUT2D eigenvalue weighted by Gasteiger charge is -2.10. The lowest BCUT2D eigenvalue weighted by molar-refractivity contribution is -0.177. The SMILES string of the molecule is C=CC(=O)OC(C)OC(=O)C=C.CN(C)C. The zero-order valence-corrected chi connectivity index (χ0v) is 10.2. The molecule has 0 spiro atoms. The molecule has 0 fully saturated rings. The maximum atomic E-state index is 10.5. The summed E-state index contributed by atoms with van der Waals surface area (Å²) < 4.78 is 9.05. The van der Waals surface area contributed by atoms with Gasteiger partial charge in [0.25, 0.3) is 0 Å². The fraction of sp³-hybridized carbons (Fsp3) is 0.455. The van der Waals surface area contributed by atoms with Gasteiger partial charge < -0.3 is 14.4 Å². The van der Waals surface area contributed by atoms with E-state index in [2.05, 4.69) is 22.6 Å². The molecule has 0 amide bonds. The highest BCUT2D eigenvalue weighted by Crippen LogP contribution is 1.95. The minimum atomic E-state index is -0.916. The van der Waals surface area contributed by atoms with Crippen LogP contribution in [0.3, 0.4) is 0 Å². The molecule has 0 unspecified atom stereocenters. The van der Waals surface area contributed by atoms with Gasteiger partial charge in [-0.1, -0.05) is 13.2 Å². The van der Waals surface area contributed by atoms with Crippen LogP contribution < -0.4 is 0 Å². The van der Waals surface area contributed by atoms with E-state index >= 15 is 0 Å². The molecule has 0 saturated heterocycles. The van der Waals surface area contributed by atoms with Gasteiger partial charge in [0.05, 0.1) is 0 Å². The summed E-state index contributed by atoms with van der Waals surface area (Å²) in [5.74, 6) is -1.28. The summed E-state index contributed by atoms with van der Waals surface area (Å²) in [6.45, 7) is 7.78. The molecule has 0 atom stereocenters. The predicted octanol–water partition coefficient (Wildman–Crippen LogP) is 0.969. The van der Waals surface area contributed by atoms with Crippen LogP contribution >= 0.6 is 0 Å². The second-order valence-corrected chi connectivity index (χ2v) is 3.19. The number of hydrogen-bond acceptors (Lipinski definition) is 5. The second-order valence-electron chi connectivity index (χ2n) is 3.19. The fourth-order valence-electron chi connectivity index (χ4n) is 0.447. The van der Waals surface area contributed by atoms with E-state index in [0.717, 1.165) is 12.2 Å². The minimum absolute atomic E-state index is 0.639. The smallest absolute Gasteiger partial charge is 0.333 e. The number of hydrogen-bond donors (Lipinski definition) is 0. The average Bonchev–Trinajstić information content (AvgIpc) is 2.16. The molecule has 0 aromatic carbocycles. The summed E-state index contributed by atoms with van der Waals surface area (Å²) in [6.07, 6.45) is 1.05. The molecule has 0 aromatic heterocycles. The molecule has 0 N–H and O–H groups in total. The maximum Gasteiger partial charge on any atom is 0.333 e. The molecular formula is C11H19NO4. The van der Waals surface area contributed by atoms with Gasteiger partial charge in [-0.15, -0.1) is 0 Å². The van der Waals surface area contributed by atoms with Crippen LogP contribution in [0.4, 0.5) is 0 Å². The fourth-order valence-corrected chi connectivity index (χ4v) is 0.447. The van der Waals surface area contributed by atoms with Crippen molar-refractivity contribution in [2.24, 2.45) is 0 Å². The second kappa shape index (κ2) is 9.92. The van der Waals surface area contributed by atoms with Crippen molar-refractivity contribution in [3.05, 3.63) is 25.3 Å². The minimum Gasteiger partial charge on any atom is -0.422 e. The lowest BCUT2D eigenvalue weighted by atomic mass is 10.6. The number of rotatable bonds is 4. The molecule has 0 rings (SSSR count). The molecule has 0 heterocycles. The molecule has 5 nitrogen and oxygen atoms in total. The molecule has 5 heteroatoms. The van der Waals surface area contributed by atoms with Gasteiger partial charge in [0.2, 0.25) is 6.29 Å². The summed E-state index contributed by atoms with van der Waals surface area (Å²) in [7, 11) is 6.00. The van der Waals surface area contributed by atoms with Crippen LogP contribution in [-0.4, -0.2) is 44.3 Å². The highest BCUT2D eigenvalue weighted by molar-refractivity contribution is 5.82. The van der Waals surface area contributed by atoms with Gasteiger partial charge in [0.1, 0.15) is 0 Å². The van der Waals surface area contributed by atoms with E-state index in [1.54, 1.807) is 0 Å². The van der Waals surface area contributed by atoms with Gasteiger partial charge in [-0.05, 0) is 21.1 Å². The molecule has 0 bridgehead atoms. The predicted molar refractivity (Wildman–Crippen MR) is 61.7 cm³/mol. The first-order chi connectivity index (χ1) is 7.33. The zero-order valence-electron chi connectivity index (χ0n) is 10.2. The summed E-state index contributed by atoms with van der Waals surface area (Å²) in [4.78, 5) is 23.1. The van der Waals surface area contributed by atoms with Crippen molar-refractivity contribution < 1.29 is 19.1 Å². The number of esters is 2. The third-order valence-corrected chi connectivity index (χ3v) is 0.898. The van der Waals surface area contributed by atoms with Crippen molar-refractivity contribution in [1.29, 1.82) is 0 Å². The number of carbonyl (C=O) groups is 2. The van der Waals surface area contributed by atoms with Crippen LogP contribution in [-0.2, 0) is 19.1 Å². The average molecular weight is 229 g/mol. The highest BCUT2D eigenvalue weighted by Gasteiger charge is 2.08. The normalized spacial score (nSPS) is 8.88. The summed E-state index contributed by atoms with van der Waals surface area (Å²) in [5.41, 5.74) is 0. The van der Waals surface area contributed by atoms with Crippen molar-refractivity contribution in [2.75, 3.05) is 21.1 Å². The Hall–Kier alpha value is -1.62. The zero-order chi connectivity index (χ0) is 13.1. The van der Waals surface area contributed by atoms with E-state index in [4.69, 9.17) is 0 Å². The summed E-state index contributed by atoms with van der Waals surface area (Å²) in [6, 6.07) is 0. The first-order valence-electron chi connectivity index (χ1n) is 4.60. The Labute approximate surface area is 96.3 Å². The van der Waals surface area contributed by atoms with Crippen LogP contribution in [0.25, 0.3) is 0 Å². The topological polar surface area (TPSA) is 55.8 Å². The maximum absolute atomic E-state index is 10.5.